The number of quaternary nitrogens is 1. The molecule has 1 aliphatic rings. The maximum absolute atomic E-state index is 10.5. The van der Waals surface area contributed by atoms with Crippen LogP contribution < -0.4 is 11.2 Å². The SMILES string of the molecule is N[N+]1([O-])CCNC1=O. The zero-order chi connectivity index (χ0) is 6.20. The van der Waals surface area contributed by atoms with Crippen LogP contribution in [0, 0.1) is 5.21 Å². The molecule has 0 bridgehead atoms. The zero-order valence-electron chi connectivity index (χ0n) is 4.26. The molecule has 1 atom stereocenters. The fourth-order valence-electron chi connectivity index (χ4n) is 0.564. The number of nitrogens with two attached hydrogens (primary N) is 1. The Morgan fingerprint density at radius 2 is 2.50 bits per heavy atom. The lowest BCUT2D eigenvalue weighted by Gasteiger charge is -2.25. The molecule has 0 saturated carbocycles. The molecule has 8 heavy (non-hydrogen) atoms. The van der Waals surface area contributed by atoms with Crippen LogP contribution in [0.5, 0.6) is 0 Å². The van der Waals surface area contributed by atoms with E-state index in [1.165, 1.54) is 0 Å². The van der Waals surface area contributed by atoms with Crippen LogP contribution >= 0.6 is 0 Å². The lowest BCUT2D eigenvalue weighted by Crippen LogP contribution is -2.51. The molecular weight excluding hydrogens is 110 g/mol. The monoisotopic (exact) mass is 117 g/mol. The van der Waals surface area contributed by atoms with Gasteiger partial charge in [-0.15, -0.1) is 0 Å². The van der Waals surface area contributed by atoms with Crippen molar-refractivity contribution in [3.63, 3.8) is 0 Å². The zero-order valence-corrected chi connectivity index (χ0v) is 4.26. The van der Waals surface area contributed by atoms with Gasteiger partial charge in [-0.2, -0.15) is 10.6 Å². The van der Waals surface area contributed by atoms with Crippen LogP contribution in [0.3, 0.4) is 0 Å². The van der Waals surface area contributed by atoms with Gasteiger partial charge in [-0.3, -0.25) is 5.32 Å². The van der Waals surface area contributed by atoms with Gasteiger partial charge in [-0.05, 0) is 0 Å². The molecule has 5 heteroatoms. The highest BCUT2D eigenvalue weighted by Crippen LogP contribution is 1.99. The fourth-order valence-corrected chi connectivity index (χ4v) is 0.564. The molecule has 2 amide bonds. The Bertz CT molecular complexity index is 122. The van der Waals surface area contributed by atoms with Crippen LogP contribution in [0.4, 0.5) is 4.79 Å². The number of amides is 2. The Morgan fingerprint density at radius 3 is 2.62 bits per heavy atom. The van der Waals surface area contributed by atoms with Crippen molar-refractivity contribution in [2.45, 2.75) is 0 Å². The molecule has 46 valence electrons. The summed E-state index contributed by atoms with van der Waals surface area (Å²) in [4.78, 5) is 10.3. The van der Waals surface area contributed by atoms with Gasteiger partial charge >= 0.3 is 6.03 Å². The average Bonchev–Trinajstić information content (AvgIpc) is 1.86. The van der Waals surface area contributed by atoms with Gasteiger partial charge in [-0.1, -0.05) is 0 Å². The standard InChI is InChI=1S/C3H7N3O2/c4-6(8)2-1-5-3(6)7/h1-2,4H2,(H,5,7). The largest absolute Gasteiger partial charge is 0.603 e. The summed E-state index contributed by atoms with van der Waals surface area (Å²) in [5, 5.41) is 12.8. The van der Waals surface area contributed by atoms with Gasteiger partial charge in [0.1, 0.15) is 6.54 Å². The molecule has 1 unspecified atom stereocenters. The third-order valence-corrected chi connectivity index (χ3v) is 1.06. The van der Waals surface area contributed by atoms with E-state index < -0.39 is 10.8 Å². The van der Waals surface area contributed by atoms with Crippen molar-refractivity contribution in [3.05, 3.63) is 5.21 Å². The number of rotatable bonds is 0. The minimum Gasteiger partial charge on any atom is -0.603 e. The predicted molar refractivity (Wildman–Crippen MR) is 26.1 cm³/mol. The van der Waals surface area contributed by atoms with Crippen molar-refractivity contribution in [1.82, 2.24) is 5.32 Å². The van der Waals surface area contributed by atoms with E-state index in [-0.39, 0.29) is 6.54 Å². The normalized spacial score (nSPS) is 37.5. The van der Waals surface area contributed by atoms with E-state index in [4.69, 9.17) is 5.84 Å². The Kier molecular flexibility index (Phi) is 0.968. The summed E-state index contributed by atoms with van der Waals surface area (Å²) in [6.07, 6.45) is 0. The van der Waals surface area contributed by atoms with Crippen molar-refractivity contribution in [1.29, 1.82) is 0 Å². The van der Waals surface area contributed by atoms with Crippen LogP contribution in [-0.4, -0.2) is 23.9 Å². The van der Waals surface area contributed by atoms with E-state index in [9.17, 15) is 10.0 Å². The number of nitrogens with one attached hydrogen (secondary N) is 1. The number of hydroxylamine groups is 2. The van der Waals surface area contributed by atoms with Gasteiger partial charge in [0.2, 0.25) is 0 Å². The van der Waals surface area contributed by atoms with Gasteiger partial charge in [0.25, 0.3) is 0 Å². The summed E-state index contributed by atoms with van der Waals surface area (Å²) in [6.45, 7) is 0.525. The van der Waals surface area contributed by atoms with Crippen molar-refractivity contribution in [3.8, 4) is 0 Å². The lowest BCUT2D eigenvalue weighted by molar-refractivity contribution is -0.800. The van der Waals surface area contributed by atoms with E-state index in [1.807, 2.05) is 0 Å². The van der Waals surface area contributed by atoms with E-state index in [2.05, 4.69) is 5.32 Å². The summed E-state index contributed by atoms with van der Waals surface area (Å²) < 4.78 is -1.26. The second-order valence-electron chi connectivity index (χ2n) is 1.75. The average molecular weight is 117 g/mol. The molecule has 5 nitrogen and oxygen atoms in total. The smallest absolute Gasteiger partial charge is 0.436 e. The lowest BCUT2D eigenvalue weighted by atomic mass is 10.7. The predicted octanol–water partition coefficient (Wildman–Crippen LogP) is -1.10. The van der Waals surface area contributed by atoms with Crippen LogP contribution in [0.15, 0.2) is 0 Å². The molecule has 1 heterocycles. The van der Waals surface area contributed by atoms with E-state index in [0.29, 0.717) is 6.54 Å². The van der Waals surface area contributed by atoms with Crippen LogP contribution in [0.2, 0.25) is 0 Å². The molecule has 3 N–H and O–H groups in total. The number of hydrogen-bond donors (Lipinski definition) is 2. The maximum atomic E-state index is 10.5. The van der Waals surface area contributed by atoms with Crippen molar-refractivity contribution >= 4 is 6.03 Å². The summed E-state index contributed by atoms with van der Waals surface area (Å²) in [7, 11) is 0. The molecule has 0 aromatic heterocycles. The first kappa shape index (κ1) is 5.49. The molecule has 1 fully saturated rings. The van der Waals surface area contributed by atoms with Crippen molar-refractivity contribution in [2.75, 3.05) is 13.1 Å². The molecule has 0 spiro atoms. The number of carbonyl (C=O) groups excluding carboxylic acids is 1. The quantitative estimate of drug-likeness (QED) is 0.183. The van der Waals surface area contributed by atoms with Gasteiger partial charge in [0.05, 0.1) is 6.54 Å². The summed E-state index contributed by atoms with van der Waals surface area (Å²) in [5.74, 6) is 4.89. The second-order valence-corrected chi connectivity index (χ2v) is 1.75. The first-order valence-electron chi connectivity index (χ1n) is 2.29. The van der Waals surface area contributed by atoms with Gasteiger partial charge in [-0.25, -0.2) is 4.79 Å². The molecule has 1 saturated heterocycles. The number of hydrogen-bond acceptors (Lipinski definition) is 3. The molecule has 0 radical (unpaired) electrons. The van der Waals surface area contributed by atoms with Gasteiger partial charge in [0.15, 0.2) is 0 Å². The first-order chi connectivity index (χ1) is 3.63. The maximum Gasteiger partial charge on any atom is 0.436 e. The van der Waals surface area contributed by atoms with Crippen LogP contribution in [-0.2, 0) is 0 Å². The Morgan fingerprint density at radius 1 is 1.88 bits per heavy atom. The fraction of sp³-hybridized carbons (Fsp3) is 0.667. The minimum absolute atomic E-state index is 0.138. The number of urea groups is 1. The highest BCUT2D eigenvalue weighted by molar-refractivity contribution is 5.68. The number of nitrogens with zero attached hydrogens (tertiary/aromatic N) is 1. The summed E-state index contributed by atoms with van der Waals surface area (Å²) in [6, 6.07) is -0.648. The van der Waals surface area contributed by atoms with E-state index >= 15 is 0 Å². The molecule has 1 aliphatic heterocycles. The second kappa shape index (κ2) is 1.41. The summed E-state index contributed by atoms with van der Waals surface area (Å²) in [5.41, 5.74) is 0. The van der Waals surface area contributed by atoms with Crippen molar-refractivity contribution in [2.24, 2.45) is 5.84 Å². The molecule has 0 aliphatic carbocycles. The van der Waals surface area contributed by atoms with Gasteiger partial charge < -0.3 is 5.21 Å². The number of carbonyl (C=O) groups is 1. The molecule has 1 rings (SSSR count). The van der Waals surface area contributed by atoms with E-state index in [1.54, 1.807) is 0 Å². The van der Waals surface area contributed by atoms with Crippen LogP contribution in [0.1, 0.15) is 0 Å². The third-order valence-electron chi connectivity index (χ3n) is 1.06. The van der Waals surface area contributed by atoms with E-state index in [0.717, 1.165) is 0 Å². The Balaban J connectivity index is 2.68. The van der Waals surface area contributed by atoms with Crippen LogP contribution in [0.25, 0.3) is 0 Å². The molecular formula is C3H7N3O2. The summed E-state index contributed by atoms with van der Waals surface area (Å²) >= 11 is 0. The highest BCUT2D eigenvalue weighted by Gasteiger charge is 2.29. The van der Waals surface area contributed by atoms with Gasteiger partial charge in [0, 0.05) is 0 Å². The first-order valence-corrected chi connectivity index (χ1v) is 2.29. The topological polar surface area (TPSA) is 78.2 Å². The third kappa shape index (κ3) is 0.664. The minimum atomic E-state index is -1.26. The Hall–Kier alpha value is -0.650. The highest BCUT2D eigenvalue weighted by atomic mass is 16.6. The van der Waals surface area contributed by atoms with Crippen molar-refractivity contribution < 1.29 is 9.55 Å². The molecule has 0 aromatic rings. The molecule has 0 aromatic carbocycles. The Labute approximate surface area is 46.2 Å².